The van der Waals surface area contributed by atoms with Crippen LogP contribution in [0.5, 0.6) is 0 Å². The summed E-state index contributed by atoms with van der Waals surface area (Å²) >= 11 is 0. The van der Waals surface area contributed by atoms with E-state index in [1.807, 2.05) is 11.8 Å². The smallest absolute Gasteiger partial charge is 0.191 e. The Morgan fingerprint density at radius 1 is 1.67 bits per heavy atom. The summed E-state index contributed by atoms with van der Waals surface area (Å²) in [6.07, 6.45) is 2.24. The molecule has 1 aromatic rings. The third kappa shape index (κ3) is 1.09. The molecular formula is C8H11N3O. The number of rotatable bonds is 1. The van der Waals surface area contributed by atoms with Crippen LogP contribution in [0.4, 0.5) is 0 Å². The van der Waals surface area contributed by atoms with Crippen molar-refractivity contribution >= 4 is 6.34 Å². The molecule has 1 N–H and O–H groups in total. The average molecular weight is 165 g/mol. The molecule has 0 aliphatic carbocycles. The van der Waals surface area contributed by atoms with Gasteiger partial charge in [-0.25, -0.2) is 4.98 Å². The minimum absolute atomic E-state index is 0.694. The Morgan fingerprint density at radius 2 is 2.50 bits per heavy atom. The third-order valence-corrected chi connectivity index (χ3v) is 2.05. The Labute approximate surface area is 70.7 Å². The summed E-state index contributed by atoms with van der Waals surface area (Å²) in [7, 11) is 0. The van der Waals surface area contributed by atoms with Crippen LogP contribution >= 0.6 is 0 Å². The van der Waals surface area contributed by atoms with Gasteiger partial charge in [-0.1, -0.05) is 0 Å². The van der Waals surface area contributed by atoms with Crippen molar-refractivity contribution in [3.63, 3.8) is 0 Å². The lowest BCUT2D eigenvalue weighted by atomic mass is 10.2. The molecule has 1 aliphatic heterocycles. The molecule has 1 aliphatic rings. The van der Waals surface area contributed by atoms with E-state index in [9.17, 15) is 0 Å². The molecule has 2 rings (SSSR count). The van der Waals surface area contributed by atoms with Crippen LogP contribution in [0.2, 0.25) is 0 Å². The Hall–Kier alpha value is -1.32. The molecule has 12 heavy (non-hydrogen) atoms. The molecule has 4 nitrogen and oxygen atoms in total. The average Bonchev–Trinajstić information content (AvgIpc) is 2.43. The Bertz CT molecular complexity index is 305. The second-order valence-corrected chi connectivity index (χ2v) is 2.95. The van der Waals surface area contributed by atoms with Crippen LogP contribution in [0.25, 0.3) is 0 Å². The van der Waals surface area contributed by atoms with E-state index in [0.717, 1.165) is 30.3 Å². The van der Waals surface area contributed by atoms with E-state index >= 15 is 0 Å². The minimum Gasteiger partial charge on any atom is -0.444 e. The summed E-state index contributed by atoms with van der Waals surface area (Å²) in [5, 5.41) is 7.08. The van der Waals surface area contributed by atoms with E-state index in [2.05, 4.69) is 4.98 Å². The van der Waals surface area contributed by atoms with Crippen LogP contribution < -0.4 is 0 Å². The summed E-state index contributed by atoms with van der Waals surface area (Å²) in [5.74, 6) is 1.65. The van der Waals surface area contributed by atoms with Crippen molar-refractivity contribution in [2.45, 2.75) is 19.9 Å². The van der Waals surface area contributed by atoms with Crippen LogP contribution in [-0.4, -0.2) is 22.8 Å². The zero-order chi connectivity index (χ0) is 8.55. The van der Waals surface area contributed by atoms with Crippen LogP contribution in [0, 0.1) is 12.3 Å². The number of oxazole rings is 1. The normalized spacial score (nSPS) is 15.9. The first-order valence-electron chi connectivity index (χ1n) is 3.99. The molecule has 0 unspecified atom stereocenters. The number of fused-ring (bicyclic) bond motifs is 1. The molecule has 64 valence electrons. The molecule has 1 aromatic heterocycles. The van der Waals surface area contributed by atoms with Crippen LogP contribution in [-0.2, 0) is 13.0 Å². The van der Waals surface area contributed by atoms with Gasteiger partial charge < -0.3 is 9.32 Å². The minimum atomic E-state index is 0.694. The van der Waals surface area contributed by atoms with Gasteiger partial charge in [0.15, 0.2) is 5.89 Å². The quantitative estimate of drug-likeness (QED) is 0.498. The molecule has 0 spiro atoms. The van der Waals surface area contributed by atoms with Crippen molar-refractivity contribution in [3.05, 3.63) is 17.3 Å². The molecule has 0 amide bonds. The highest BCUT2D eigenvalue weighted by atomic mass is 16.4. The summed E-state index contributed by atoms with van der Waals surface area (Å²) in [6, 6.07) is 0. The molecule has 4 heteroatoms. The lowest BCUT2D eigenvalue weighted by Crippen LogP contribution is -2.28. The predicted octanol–water partition coefficient (Wildman–Crippen LogP) is 0.948. The number of aromatic nitrogens is 1. The first-order valence-corrected chi connectivity index (χ1v) is 3.99. The Kier molecular flexibility index (Phi) is 1.60. The molecule has 2 heterocycles. The van der Waals surface area contributed by atoms with Crippen molar-refractivity contribution in [1.82, 2.24) is 9.88 Å². The monoisotopic (exact) mass is 165 g/mol. The molecule has 0 bridgehead atoms. The first kappa shape index (κ1) is 7.34. The number of nitrogens with one attached hydrogen (secondary N) is 1. The fourth-order valence-corrected chi connectivity index (χ4v) is 1.45. The van der Waals surface area contributed by atoms with Crippen molar-refractivity contribution in [1.29, 1.82) is 5.41 Å². The maximum absolute atomic E-state index is 7.08. The number of hydrogen-bond donors (Lipinski definition) is 1. The molecule has 0 fully saturated rings. The van der Waals surface area contributed by atoms with Crippen LogP contribution in [0.15, 0.2) is 4.42 Å². The van der Waals surface area contributed by atoms with Gasteiger partial charge in [0.2, 0.25) is 0 Å². The highest BCUT2D eigenvalue weighted by molar-refractivity contribution is 5.51. The van der Waals surface area contributed by atoms with Gasteiger partial charge in [0.1, 0.15) is 5.76 Å². The van der Waals surface area contributed by atoms with Crippen LogP contribution in [0.1, 0.15) is 17.3 Å². The molecular weight excluding hydrogens is 154 g/mol. The predicted molar refractivity (Wildman–Crippen MR) is 44.1 cm³/mol. The van der Waals surface area contributed by atoms with Gasteiger partial charge in [-0.05, 0) is 0 Å². The molecule has 0 atom stereocenters. The maximum atomic E-state index is 7.08. The standard InChI is InChI=1S/C8H11N3O/c1-6-10-7-2-3-11(5-9)4-8(7)12-6/h5,9H,2-4H2,1H3. The van der Waals surface area contributed by atoms with Gasteiger partial charge in [0.25, 0.3) is 0 Å². The summed E-state index contributed by atoms with van der Waals surface area (Å²) < 4.78 is 5.38. The van der Waals surface area contributed by atoms with Crippen molar-refractivity contribution in [2.75, 3.05) is 6.54 Å². The zero-order valence-corrected chi connectivity index (χ0v) is 7.00. The van der Waals surface area contributed by atoms with Crippen LogP contribution in [0.3, 0.4) is 0 Å². The summed E-state index contributed by atoms with van der Waals surface area (Å²) in [4.78, 5) is 6.16. The van der Waals surface area contributed by atoms with E-state index in [-0.39, 0.29) is 0 Å². The highest BCUT2D eigenvalue weighted by Crippen LogP contribution is 2.17. The van der Waals surface area contributed by atoms with E-state index < -0.39 is 0 Å². The molecule has 0 aromatic carbocycles. The maximum Gasteiger partial charge on any atom is 0.191 e. The SMILES string of the molecule is Cc1nc2c(o1)CN(C=N)CC2. The second-order valence-electron chi connectivity index (χ2n) is 2.95. The molecule has 0 saturated heterocycles. The van der Waals surface area contributed by atoms with Gasteiger partial charge in [-0.15, -0.1) is 0 Å². The van der Waals surface area contributed by atoms with E-state index in [1.165, 1.54) is 6.34 Å². The van der Waals surface area contributed by atoms with Gasteiger partial charge >= 0.3 is 0 Å². The molecule has 0 saturated carbocycles. The van der Waals surface area contributed by atoms with E-state index in [4.69, 9.17) is 9.83 Å². The van der Waals surface area contributed by atoms with Gasteiger partial charge in [0, 0.05) is 19.9 Å². The topological polar surface area (TPSA) is 53.1 Å². The van der Waals surface area contributed by atoms with E-state index in [0.29, 0.717) is 6.54 Å². The zero-order valence-electron chi connectivity index (χ0n) is 7.00. The molecule has 0 radical (unpaired) electrons. The number of hydrogen-bond acceptors (Lipinski definition) is 3. The fourth-order valence-electron chi connectivity index (χ4n) is 1.45. The number of aryl methyl sites for hydroxylation is 1. The number of nitrogens with zero attached hydrogens (tertiary/aromatic N) is 2. The lowest BCUT2D eigenvalue weighted by Gasteiger charge is -2.21. The second kappa shape index (κ2) is 2.62. The summed E-state index contributed by atoms with van der Waals surface area (Å²) in [6.45, 7) is 3.43. The third-order valence-electron chi connectivity index (χ3n) is 2.05. The lowest BCUT2D eigenvalue weighted by molar-refractivity contribution is 0.341. The van der Waals surface area contributed by atoms with Gasteiger partial charge in [-0.3, -0.25) is 5.41 Å². The van der Waals surface area contributed by atoms with Gasteiger partial charge in [-0.2, -0.15) is 0 Å². The highest BCUT2D eigenvalue weighted by Gasteiger charge is 2.18. The van der Waals surface area contributed by atoms with Crippen molar-refractivity contribution in [3.8, 4) is 0 Å². The van der Waals surface area contributed by atoms with E-state index in [1.54, 1.807) is 0 Å². The van der Waals surface area contributed by atoms with Crippen molar-refractivity contribution in [2.24, 2.45) is 0 Å². The first-order chi connectivity index (χ1) is 5.79. The Balaban J connectivity index is 2.28. The van der Waals surface area contributed by atoms with Crippen molar-refractivity contribution < 1.29 is 4.42 Å². The van der Waals surface area contributed by atoms with Gasteiger partial charge in [0.05, 0.1) is 18.6 Å². The fraction of sp³-hybridized carbons (Fsp3) is 0.500. The largest absolute Gasteiger partial charge is 0.444 e. The Morgan fingerprint density at radius 3 is 3.25 bits per heavy atom. The summed E-state index contributed by atoms with van der Waals surface area (Å²) in [5.41, 5.74) is 1.06.